The molecule has 2 unspecified atom stereocenters. The van der Waals surface area contributed by atoms with E-state index in [2.05, 4.69) is 0 Å². The van der Waals surface area contributed by atoms with Crippen LogP contribution in [0.15, 0.2) is 18.2 Å². The number of nitrogens with one attached hydrogen (secondary N) is 1. The van der Waals surface area contributed by atoms with E-state index < -0.39 is 12.1 Å². The number of carbonyl (C=O) groups excluding carboxylic acids is 1. The van der Waals surface area contributed by atoms with E-state index in [1.54, 1.807) is 19.1 Å². The molecule has 1 aromatic rings. The minimum Gasteiger partial charge on any atom is -0.318 e. The Morgan fingerprint density at radius 2 is 1.84 bits per heavy atom. The second-order valence-electron chi connectivity index (χ2n) is 8.37. The summed E-state index contributed by atoms with van der Waals surface area (Å²) in [6, 6.07) is 5.55. The first-order chi connectivity index (χ1) is 11.6. The van der Waals surface area contributed by atoms with Gasteiger partial charge in [-0.15, -0.1) is 11.6 Å². The second kappa shape index (κ2) is 5.38. The summed E-state index contributed by atoms with van der Waals surface area (Å²) in [5.74, 6) is -0.714. The highest BCUT2D eigenvalue weighted by Crippen LogP contribution is 2.64. The van der Waals surface area contributed by atoms with Gasteiger partial charge in [0.25, 0.3) is 0 Å². The fourth-order valence-electron chi connectivity index (χ4n) is 5.77. The van der Waals surface area contributed by atoms with Crippen LogP contribution in [0.2, 0.25) is 0 Å². The van der Waals surface area contributed by atoms with Crippen LogP contribution in [-0.2, 0) is 10.2 Å². The minimum atomic E-state index is -4.89. The van der Waals surface area contributed by atoms with Crippen molar-refractivity contribution in [2.24, 2.45) is 11.8 Å². The summed E-state index contributed by atoms with van der Waals surface area (Å²) in [4.78, 5) is 11.2. The first-order valence-electron chi connectivity index (χ1n) is 8.77. The summed E-state index contributed by atoms with van der Waals surface area (Å²) >= 11 is 6.87. The average molecular weight is 372 g/mol. The number of aryl methyl sites for hydroxylation is 1. The van der Waals surface area contributed by atoms with Crippen LogP contribution in [0.4, 0.5) is 18.9 Å². The summed E-state index contributed by atoms with van der Waals surface area (Å²) in [6.07, 6.45) is 1.42. The van der Waals surface area contributed by atoms with Crippen molar-refractivity contribution in [3.8, 4) is 0 Å². The van der Waals surface area contributed by atoms with Crippen LogP contribution in [0.3, 0.4) is 0 Å². The van der Waals surface area contributed by atoms with Crippen molar-refractivity contribution in [3.63, 3.8) is 0 Å². The molecular formula is C19H21ClF3NO. The SMILES string of the molecule is Cc1ccc(C23CC4CC(CC(Cl)(C4)C2)C3)cc1NC(=O)C(F)(F)F. The first-order valence-corrected chi connectivity index (χ1v) is 9.15. The fraction of sp³-hybridized carbons (Fsp3) is 0.632. The zero-order valence-corrected chi connectivity index (χ0v) is 14.8. The Labute approximate surface area is 150 Å². The van der Waals surface area contributed by atoms with Gasteiger partial charge < -0.3 is 5.32 Å². The topological polar surface area (TPSA) is 29.1 Å². The van der Waals surface area contributed by atoms with E-state index in [-0.39, 0.29) is 16.0 Å². The number of alkyl halides is 4. The van der Waals surface area contributed by atoms with Crippen molar-refractivity contribution in [2.75, 3.05) is 5.32 Å². The van der Waals surface area contributed by atoms with Gasteiger partial charge in [-0.2, -0.15) is 13.2 Å². The predicted molar refractivity (Wildman–Crippen MR) is 90.8 cm³/mol. The Morgan fingerprint density at radius 3 is 2.40 bits per heavy atom. The lowest BCUT2D eigenvalue weighted by Crippen LogP contribution is -2.55. The zero-order valence-electron chi connectivity index (χ0n) is 14.0. The van der Waals surface area contributed by atoms with Crippen LogP contribution in [0.5, 0.6) is 0 Å². The fourth-order valence-corrected chi connectivity index (χ4v) is 6.46. The lowest BCUT2D eigenvalue weighted by Gasteiger charge is -2.60. The highest BCUT2D eigenvalue weighted by atomic mass is 35.5. The van der Waals surface area contributed by atoms with Crippen molar-refractivity contribution in [3.05, 3.63) is 29.3 Å². The molecule has 0 spiro atoms. The van der Waals surface area contributed by atoms with Crippen LogP contribution >= 0.6 is 11.6 Å². The molecule has 4 aliphatic rings. The van der Waals surface area contributed by atoms with E-state index in [4.69, 9.17) is 11.6 Å². The summed E-state index contributed by atoms with van der Waals surface area (Å²) in [6.45, 7) is 1.71. The number of amides is 1. The summed E-state index contributed by atoms with van der Waals surface area (Å²) in [7, 11) is 0. The molecule has 0 saturated heterocycles. The molecule has 6 heteroatoms. The highest BCUT2D eigenvalue weighted by Gasteiger charge is 2.57. The van der Waals surface area contributed by atoms with Gasteiger partial charge in [0, 0.05) is 10.6 Å². The number of anilines is 1. The molecule has 136 valence electrons. The third-order valence-corrected chi connectivity index (χ3v) is 6.79. The van der Waals surface area contributed by atoms with E-state index in [9.17, 15) is 18.0 Å². The molecule has 1 amide bonds. The molecule has 2 nitrogen and oxygen atoms in total. The molecule has 1 aromatic carbocycles. The normalized spacial score (nSPS) is 36.5. The lowest BCUT2D eigenvalue weighted by molar-refractivity contribution is -0.167. The summed E-state index contributed by atoms with van der Waals surface area (Å²) < 4.78 is 37.8. The predicted octanol–water partition coefficient (Wildman–Crippen LogP) is 5.33. The number of halogens is 4. The van der Waals surface area contributed by atoms with Crippen molar-refractivity contribution < 1.29 is 18.0 Å². The number of hydrogen-bond donors (Lipinski definition) is 1. The Bertz CT molecular complexity index is 716. The van der Waals surface area contributed by atoms with Crippen molar-refractivity contribution >= 4 is 23.2 Å². The van der Waals surface area contributed by atoms with E-state index in [0.717, 1.165) is 37.7 Å². The highest BCUT2D eigenvalue weighted by molar-refractivity contribution is 6.24. The van der Waals surface area contributed by atoms with Crippen LogP contribution in [-0.4, -0.2) is 17.0 Å². The third-order valence-electron chi connectivity index (χ3n) is 6.35. The molecule has 2 atom stereocenters. The Hall–Kier alpha value is -1.23. The molecular weight excluding hydrogens is 351 g/mol. The quantitative estimate of drug-likeness (QED) is 0.700. The van der Waals surface area contributed by atoms with Crippen LogP contribution < -0.4 is 5.32 Å². The largest absolute Gasteiger partial charge is 0.471 e. The first kappa shape index (κ1) is 17.2. The molecule has 4 fully saturated rings. The molecule has 0 heterocycles. The van der Waals surface area contributed by atoms with E-state index in [1.165, 1.54) is 6.42 Å². The number of benzene rings is 1. The van der Waals surface area contributed by atoms with Crippen LogP contribution in [0, 0.1) is 18.8 Å². The molecule has 4 aliphatic carbocycles. The van der Waals surface area contributed by atoms with Gasteiger partial charge in [-0.25, -0.2) is 0 Å². The number of carbonyl (C=O) groups is 1. The molecule has 25 heavy (non-hydrogen) atoms. The van der Waals surface area contributed by atoms with Gasteiger partial charge in [-0.1, -0.05) is 12.1 Å². The van der Waals surface area contributed by atoms with E-state index >= 15 is 0 Å². The molecule has 4 saturated carbocycles. The van der Waals surface area contributed by atoms with Gasteiger partial charge in [-0.3, -0.25) is 4.79 Å². The average Bonchev–Trinajstić information content (AvgIpc) is 2.45. The Balaban J connectivity index is 1.67. The molecule has 4 bridgehead atoms. The van der Waals surface area contributed by atoms with Crippen LogP contribution in [0.25, 0.3) is 0 Å². The molecule has 0 radical (unpaired) electrons. The van der Waals surface area contributed by atoms with Crippen molar-refractivity contribution in [1.29, 1.82) is 0 Å². The van der Waals surface area contributed by atoms with Gasteiger partial charge in [-0.05, 0) is 79.9 Å². The summed E-state index contributed by atoms with van der Waals surface area (Å²) in [5.41, 5.74) is 1.85. The van der Waals surface area contributed by atoms with E-state index in [1.807, 2.05) is 11.4 Å². The van der Waals surface area contributed by atoms with Gasteiger partial charge in [0.2, 0.25) is 0 Å². The third kappa shape index (κ3) is 2.94. The minimum absolute atomic E-state index is 0.0583. The van der Waals surface area contributed by atoms with E-state index in [0.29, 0.717) is 17.4 Å². The van der Waals surface area contributed by atoms with Gasteiger partial charge >= 0.3 is 12.1 Å². The molecule has 1 N–H and O–H groups in total. The Morgan fingerprint density at radius 1 is 1.20 bits per heavy atom. The standard InChI is InChI=1S/C19H21ClF3NO/c1-11-2-3-14(5-15(11)24-16(25)19(21,22)23)17-6-12-4-13(7-17)9-18(20,8-12)10-17/h2-3,5,12-13H,4,6-10H2,1H3,(H,24,25). The maximum absolute atomic E-state index is 12.6. The maximum Gasteiger partial charge on any atom is 0.471 e. The number of rotatable bonds is 2. The second-order valence-corrected chi connectivity index (χ2v) is 9.18. The Kier molecular flexibility index (Phi) is 3.70. The van der Waals surface area contributed by atoms with Gasteiger partial charge in [0.05, 0.1) is 0 Å². The maximum atomic E-state index is 12.6. The van der Waals surface area contributed by atoms with Crippen molar-refractivity contribution in [2.45, 2.75) is 61.9 Å². The number of hydrogen-bond acceptors (Lipinski definition) is 1. The smallest absolute Gasteiger partial charge is 0.318 e. The zero-order chi connectivity index (χ0) is 18.0. The molecule has 0 aliphatic heterocycles. The lowest BCUT2D eigenvalue weighted by atomic mass is 9.47. The van der Waals surface area contributed by atoms with Crippen molar-refractivity contribution in [1.82, 2.24) is 0 Å². The summed E-state index contributed by atoms with van der Waals surface area (Å²) in [5, 5.41) is 2.04. The van der Waals surface area contributed by atoms with Gasteiger partial charge in [0.15, 0.2) is 0 Å². The molecule has 5 rings (SSSR count). The monoisotopic (exact) mass is 371 g/mol. The van der Waals surface area contributed by atoms with Crippen LogP contribution in [0.1, 0.15) is 49.7 Å². The molecule has 0 aromatic heterocycles. The van der Waals surface area contributed by atoms with Gasteiger partial charge in [0.1, 0.15) is 0 Å².